The number of nitrogens with zero attached hydrogens (tertiary/aromatic N) is 2. The summed E-state index contributed by atoms with van der Waals surface area (Å²) in [6, 6.07) is 14.8. The van der Waals surface area contributed by atoms with Crippen LogP contribution in [0, 0.1) is 0 Å². The number of benzene rings is 2. The van der Waals surface area contributed by atoms with Gasteiger partial charge in [-0.25, -0.2) is 0 Å². The quantitative estimate of drug-likeness (QED) is 0.701. The van der Waals surface area contributed by atoms with Crippen molar-refractivity contribution in [2.75, 3.05) is 18.4 Å². The van der Waals surface area contributed by atoms with Crippen molar-refractivity contribution in [3.63, 3.8) is 0 Å². The third-order valence-electron chi connectivity index (χ3n) is 5.35. The Labute approximate surface area is 164 Å². The molecule has 0 unspecified atom stereocenters. The van der Waals surface area contributed by atoms with E-state index in [1.165, 1.54) is 6.92 Å². The molecule has 142 valence electrons. The van der Waals surface area contributed by atoms with Crippen LogP contribution in [-0.2, 0) is 13.0 Å². The van der Waals surface area contributed by atoms with E-state index in [-0.39, 0.29) is 11.7 Å². The number of carbonyl (C=O) groups excluding carboxylic acids is 2. The third-order valence-corrected chi connectivity index (χ3v) is 5.35. The lowest BCUT2D eigenvalue weighted by molar-refractivity contribution is 0.101. The fourth-order valence-electron chi connectivity index (χ4n) is 3.76. The Morgan fingerprint density at radius 2 is 1.86 bits per heavy atom. The van der Waals surface area contributed by atoms with Gasteiger partial charge in [0, 0.05) is 47.4 Å². The number of rotatable bonds is 4. The minimum absolute atomic E-state index is 0.00623. The molecule has 1 aromatic heterocycles. The van der Waals surface area contributed by atoms with Crippen LogP contribution < -0.4 is 5.32 Å². The molecule has 2 heterocycles. The smallest absolute Gasteiger partial charge is 0.256 e. The van der Waals surface area contributed by atoms with Gasteiger partial charge in [0.05, 0.1) is 11.1 Å². The molecule has 4 rings (SSSR count). The number of amides is 1. The molecule has 5 nitrogen and oxygen atoms in total. The molecular weight excluding hydrogens is 350 g/mol. The van der Waals surface area contributed by atoms with Crippen LogP contribution in [0.15, 0.2) is 48.5 Å². The highest BCUT2D eigenvalue weighted by molar-refractivity contribution is 6.13. The molecule has 0 bridgehead atoms. The SMILES string of the molecule is CCN1CCc2nc3ccccc3c(C(=O)Nc3ccc(C(C)=O)cc3)c2C1. The topological polar surface area (TPSA) is 62.3 Å². The summed E-state index contributed by atoms with van der Waals surface area (Å²) < 4.78 is 0. The molecule has 0 fully saturated rings. The first-order valence-corrected chi connectivity index (χ1v) is 9.62. The van der Waals surface area contributed by atoms with Crippen molar-refractivity contribution >= 4 is 28.3 Å². The van der Waals surface area contributed by atoms with Gasteiger partial charge in [0.15, 0.2) is 5.78 Å². The number of pyridine rings is 1. The Morgan fingerprint density at radius 1 is 1.11 bits per heavy atom. The molecule has 0 aliphatic carbocycles. The van der Waals surface area contributed by atoms with Crippen LogP contribution in [0.2, 0.25) is 0 Å². The van der Waals surface area contributed by atoms with Crippen molar-refractivity contribution in [1.29, 1.82) is 0 Å². The van der Waals surface area contributed by atoms with E-state index in [0.29, 0.717) is 16.8 Å². The van der Waals surface area contributed by atoms with E-state index in [1.54, 1.807) is 24.3 Å². The summed E-state index contributed by atoms with van der Waals surface area (Å²) in [7, 11) is 0. The monoisotopic (exact) mass is 373 g/mol. The normalized spacial score (nSPS) is 13.9. The molecule has 28 heavy (non-hydrogen) atoms. The van der Waals surface area contributed by atoms with Gasteiger partial charge in [0.2, 0.25) is 0 Å². The molecule has 3 aromatic rings. The summed E-state index contributed by atoms with van der Waals surface area (Å²) in [5.74, 6) is -0.130. The molecule has 0 saturated carbocycles. The van der Waals surface area contributed by atoms with Gasteiger partial charge in [0.25, 0.3) is 5.91 Å². The van der Waals surface area contributed by atoms with Crippen LogP contribution in [0.5, 0.6) is 0 Å². The molecular formula is C23H23N3O2. The molecule has 0 radical (unpaired) electrons. The minimum atomic E-state index is -0.136. The second-order valence-electron chi connectivity index (χ2n) is 7.14. The average molecular weight is 373 g/mol. The maximum atomic E-state index is 13.3. The number of aromatic nitrogens is 1. The number of hydrogen-bond acceptors (Lipinski definition) is 4. The second-order valence-corrected chi connectivity index (χ2v) is 7.14. The number of ketones is 1. The van der Waals surface area contributed by atoms with E-state index in [0.717, 1.165) is 48.2 Å². The number of anilines is 1. The van der Waals surface area contributed by atoms with Crippen LogP contribution in [0.25, 0.3) is 10.9 Å². The van der Waals surface area contributed by atoms with Crippen molar-refractivity contribution < 1.29 is 9.59 Å². The molecule has 0 atom stereocenters. The van der Waals surface area contributed by atoms with Gasteiger partial charge in [-0.1, -0.05) is 25.1 Å². The molecule has 5 heteroatoms. The van der Waals surface area contributed by atoms with E-state index < -0.39 is 0 Å². The van der Waals surface area contributed by atoms with Crippen molar-refractivity contribution in [1.82, 2.24) is 9.88 Å². The van der Waals surface area contributed by atoms with Gasteiger partial charge in [-0.05, 0) is 43.8 Å². The second kappa shape index (κ2) is 7.52. The van der Waals surface area contributed by atoms with Gasteiger partial charge >= 0.3 is 0 Å². The summed E-state index contributed by atoms with van der Waals surface area (Å²) in [4.78, 5) is 31.9. The van der Waals surface area contributed by atoms with Crippen LogP contribution in [0.1, 0.15) is 45.8 Å². The van der Waals surface area contributed by atoms with Gasteiger partial charge in [-0.2, -0.15) is 0 Å². The van der Waals surface area contributed by atoms with Gasteiger partial charge < -0.3 is 5.32 Å². The first kappa shape index (κ1) is 18.3. The average Bonchev–Trinajstić information content (AvgIpc) is 2.71. The molecule has 0 saturated heterocycles. The number of fused-ring (bicyclic) bond motifs is 2. The lowest BCUT2D eigenvalue weighted by Crippen LogP contribution is -2.33. The Morgan fingerprint density at radius 3 is 2.57 bits per heavy atom. The summed E-state index contributed by atoms with van der Waals surface area (Å²) >= 11 is 0. The van der Waals surface area contributed by atoms with E-state index in [9.17, 15) is 9.59 Å². The van der Waals surface area contributed by atoms with E-state index >= 15 is 0 Å². The summed E-state index contributed by atoms with van der Waals surface area (Å²) in [5, 5.41) is 3.88. The Bertz CT molecular complexity index is 1060. The van der Waals surface area contributed by atoms with Gasteiger partial charge in [-0.3, -0.25) is 19.5 Å². The summed E-state index contributed by atoms with van der Waals surface area (Å²) in [5.41, 5.74) is 4.89. The molecule has 1 aliphatic rings. The van der Waals surface area contributed by atoms with Gasteiger partial charge in [-0.15, -0.1) is 0 Å². The fraction of sp³-hybridized carbons (Fsp3) is 0.261. The highest BCUT2D eigenvalue weighted by Gasteiger charge is 2.25. The zero-order valence-corrected chi connectivity index (χ0v) is 16.2. The zero-order chi connectivity index (χ0) is 19.7. The number of nitrogens with one attached hydrogen (secondary N) is 1. The molecule has 1 amide bonds. The number of Topliss-reactive ketones (excluding diaryl/α,β-unsaturated/α-hetero) is 1. The van der Waals surface area contributed by atoms with Crippen LogP contribution >= 0.6 is 0 Å². The van der Waals surface area contributed by atoms with Crippen LogP contribution in [0.4, 0.5) is 5.69 Å². The summed E-state index contributed by atoms with van der Waals surface area (Å²) in [6.07, 6.45) is 0.849. The zero-order valence-electron chi connectivity index (χ0n) is 16.2. The predicted octanol–water partition coefficient (Wildman–Crippen LogP) is 4.07. The van der Waals surface area contributed by atoms with Crippen molar-refractivity contribution in [2.24, 2.45) is 0 Å². The molecule has 1 N–H and O–H groups in total. The number of hydrogen-bond donors (Lipinski definition) is 1. The Kier molecular flexibility index (Phi) is 4.92. The largest absolute Gasteiger partial charge is 0.322 e. The molecule has 2 aromatic carbocycles. The van der Waals surface area contributed by atoms with E-state index in [1.807, 2.05) is 24.3 Å². The van der Waals surface area contributed by atoms with E-state index in [4.69, 9.17) is 4.98 Å². The van der Waals surface area contributed by atoms with Crippen LogP contribution in [0.3, 0.4) is 0 Å². The Hall–Kier alpha value is -3.05. The Balaban J connectivity index is 1.75. The van der Waals surface area contributed by atoms with E-state index in [2.05, 4.69) is 17.1 Å². The van der Waals surface area contributed by atoms with Crippen molar-refractivity contribution in [3.8, 4) is 0 Å². The predicted molar refractivity (Wildman–Crippen MR) is 111 cm³/mol. The van der Waals surface area contributed by atoms with Crippen LogP contribution in [-0.4, -0.2) is 34.7 Å². The highest BCUT2D eigenvalue weighted by atomic mass is 16.1. The first-order valence-electron chi connectivity index (χ1n) is 9.62. The standard InChI is InChI=1S/C23H23N3O2/c1-3-26-13-12-21-19(14-26)22(18-6-4-5-7-20(18)25-21)23(28)24-17-10-8-16(9-11-17)15(2)27/h4-11H,3,12-14H2,1-2H3,(H,24,28). The number of likely N-dealkylation sites (N-methyl/N-ethyl adjacent to an activating group) is 1. The lowest BCUT2D eigenvalue weighted by atomic mass is 9.95. The van der Waals surface area contributed by atoms with Crippen molar-refractivity contribution in [2.45, 2.75) is 26.8 Å². The van der Waals surface area contributed by atoms with Gasteiger partial charge in [0.1, 0.15) is 0 Å². The number of carbonyl (C=O) groups is 2. The summed E-state index contributed by atoms with van der Waals surface area (Å²) in [6.45, 7) is 6.30. The fourth-order valence-corrected chi connectivity index (χ4v) is 3.76. The first-order chi connectivity index (χ1) is 13.6. The lowest BCUT2D eigenvalue weighted by Gasteiger charge is -2.29. The third kappa shape index (κ3) is 3.41. The maximum absolute atomic E-state index is 13.3. The molecule has 0 spiro atoms. The molecule has 1 aliphatic heterocycles. The van der Waals surface area contributed by atoms with Crippen molar-refractivity contribution in [3.05, 3.63) is 70.9 Å². The number of para-hydroxylation sites is 1. The maximum Gasteiger partial charge on any atom is 0.256 e. The highest BCUT2D eigenvalue weighted by Crippen LogP contribution is 2.29. The minimum Gasteiger partial charge on any atom is -0.322 e.